The van der Waals surface area contributed by atoms with Gasteiger partial charge in [-0.3, -0.25) is 4.79 Å². The lowest BCUT2D eigenvalue weighted by Crippen LogP contribution is -2.34. The maximum Gasteiger partial charge on any atom is 0.257 e. The average Bonchev–Trinajstić information content (AvgIpc) is 2.53. The van der Waals surface area contributed by atoms with Crippen LogP contribution in [0, 0.1) is 6.92 Å². The molecule has 2 heterocycles. The second kappa shape index (κ2) is 5.92. The van der Waals surface area contributed by atoms with E-state index in [0.29, 0.717) is 11.3 Å². The summed E-state index contributed by atoms with van der Waals surface area (Å²) < 4.78 is 5.14. The molecule has 0 atom stereocenters. The number of carbonyl (C=O) groups excluding carboxylic acids is 1. The second-order valence-electron chi connectivity index (χ2n) is 3.79. The van der Waals surface area contributed by atoms with Crippen molar-refractivity contribution in [2.24, 2.45) is 0 Å². The monoisotopic (exact) mass is 244 g/mol. The number of rotatable bonds is 1. The summed E-state index contributed by atoms with van der Waals surface area (Å²) in [5.74, 6) is 0.794. The maximum atomic E-state index is 12.1. The molecular formula is C11H17ClN2O2. The molecule has 1 N–H and O–H groups in total. The largest absolute Gasteiger partial charge is 0.469 e. The van der Waals surface area contributed by atoms with Gasteiger partial charge in [-0.25, -0.2) is 0 Å². The number of halogens is 1. The predicted molar refractivity (Wildman–Crippen MR) is 64.1 cm³/mol. The van der Waals surface area contributed by atoms with Crippen LogP contribution in [-0.4, -0.2) is 37.0 Å². The van der Waals surface area contributed by atoms with E-state index in [1.165, 1.54) is 0 Å². The van der Waals surface area contributed by atoms with Crippen LogP contribution in [0.1, 0.15) is 22.5 Å². The molecule has 0 bridgehead atoms. The normalized spacial score (nSPS) is 16.4. The lowest BCUT2D eigenvalue weighted by molar-refractivity contribution is 0.0764. The summed E-state index contributed by atoms with van der Waals surface area (Å²) >= 11 is 0. The second-order valence-corrected chi connectivity index (χ2v) is 3.79. The number of furan rings is 1. The zero-order valence-electron chi connectivity index (χ0n) is 9.36. The zero-order chi connectivity index (χ0) is 10.7. The molecule has 16 heavy (non-hydrogen) atoms. The van der Waals surface area contributed by atoms with Crippen LogP contribution in [0.15, 0.2) is 16.7 Å². The summed E-state index contributed by atoms with van der Waals surface area (Å²) in [6, 6.07) is 1.75. The molecule has 1 fully saturated rings. The highest BCUT2D eigenvalue weighted by Crippen LogP contribution is 2.12. The van der Waals surface area contributed by atoms with Gasteiger partial charge in [-0.1, -0.05) is 0 Å². The van der Waals surface area contributed by atoms with Crippen LogP contribution >= 0.6 is 12.4 Å². The van der Waals surface area contributed by atoms with Crippen LogP contribution < -0.4 is 5.32 Å². The lowest BCUT2D eigenvalue weighted by Gasteiger charge is -2.19. The molecular weight excluding hydrogens is 228 g/mol. The molecule has 1 aromatic rings. The predicted octanol–water partition coefficient (Wildman–Crippen LogP) is 1.45. The topological polar surface area (TPSA) is 45.5 Å². The van der Waals surface area contributed by atoms with Gasteiger partial charge in [0.2, 0.25) is 0 Å². The Hall–Kier alpha value is -1.00. The Bertz CT molecular complexity index is 344. The first-order valence-electron chi connectivity index (χ1n) is 5.33. The maximum absolute atomic E-state index is 12.1. The van der Waals surface area contributed by atoms with Gasteiger partial charge in [-0.2, -0.15) is 0 Å². The molecule has 0 radical (unpaired) electrons. The van der Waals surface area contributed by atoms with Crippen molar-refractivity contribution in [3.63, 3.8) is 0 Å². The van der Waals surface area contributed by atoms with Crippen molar-refractivity contribution < 1.29 is 9.21 Å². The van der Waals surface area contributed by atoms with Crippen molar-refractivity contribution in [2.75, 3.05) is 26.2 Å². The third-order valence-corrected chi connectivity index (χ3v) is 2.72. The van der Waals surface area contributed by atoms with Crippen LogP contribution in [0.3, 0.4) is 0 Å². The van der Waals surface area contributed by atoms with Crippen LogP contribution in [-0.2, 0) is 0 Å². The van der Waals surface area contributed by atoms with E-state index in [-0.39, 0.29) is 18.3 Å². The van der Waals surface area contributed by atoms with E-state index in [1.54, 1.807) is 12.3 Å². The minimum Gasteiger partial charge on any atom is -0.469 e. The molecule has 1 saturated heterocycles. The van der Waals surface area contributed by atoms with Gasteiger partial charge < -0.3 is 14.6 Å². The Morgan fingerprint density at radius 1 is 1.44 bits per heavy atom. The molecule has 0 saturated carbocycles. The molecule has 0 aliphatic carbocycles. The quantitative estimate of drug-likeness (QED) is 0.813. The van der Waals surface area contributed by atoms with Gasteiger partial charge >= 0.3 is 0 Å². The fourth-order valence-corrected chi connectivity index (χ4v) is 1.83. The Balaban J connectivity index is 0.00000128. The summed E-state index contributed by atoms with van der Waals surface area (Å²) in [6.07, 6.45) is 2.58. The Kier molecular flexibility index (Phi) is 4.83. The number of nitrogens with one attached hydrogen (secondary N) is 1. The van der Waals surface area contributed by atoms with Gasteiger partial charge in [-0.15, -0.1) is 12.4 Å². The van der Waals surface area contributed by atoms with E-state index >= 15 is 0 Å². The summed E-state index contributed by atoms with van der Waals surface area (Å²) in [5.41, 5.74) is 0.692. The van der Waals surface area contributed by atoms with Crippen molar-refractivity contribution >= 4 is 18.3 Å². The van der Waals surface area contributed by atoms with Crippen LogP contribution in [0.5, 0.6) is 0 Å². The minimum absolute atomic E-state index is 0. The molecule has 1 aromatic heterocycles. The van der Waals surface area contributed by atoms with Crippen molar-refractivity contribution in [1.82, 2.24) is 10.2 Å². The summed E-state index contributed by atoms with van der Waals surface area (Å²) in [4.78, 5) is 14.0. The molecule has 1 aliphatic heterocycles. The summed E-state index contributed by atoms with van der Waals surface area (Å²) in [6.45, 7) is 5.31. The first kappa shape index (κ1) is 13.1. The van der Waals surface area contributed by atoms with E-state index in [4.69, 9.17) is 4.42 Å². The van der Waals surface area contributed by atoms with Gasteiger partial charge in [0, 0.05) is 19.6 Å². The minimum atomic E-state index is 0. The van der Waals surface area contributed by atoms with E-state index in [0.717, 1.165) is 32.6 Å². The Morgan fingerprint density at radius 3 is 2.94 bits per heavy atom. The fraction of sp³-hybridized carbons (Fsp3) is 0.545. The van der Waals surface area contributed by atoms with E-state index in [9.17, 15) is 4.79 Å². The van der Waals surface area contributed by atoms with Crippen LogP contribution in [0.2, 0.25) is 0 Å². The molecule has 4 nitrogen and oxygen atoms in total. The van der Waals surface area contributed by atoms with Crippen molar-refractivity contribution in [1.29, 1.82) is 0 Å². The first-order valence-corrected chi connectivity index (χ1v) is 5.33. The van der Waals surface area contributed by atoms with Crippen molar-refractivity contribution in [3.8, 4) is 0 Å². The Labute approximate surface area is 101 Å². The number of hydrogen-bond acceptors (Lipinski definition) is 3. The van der Waals surface area contributed by atoms with Crippen LogP contribution in [0.4, 0.5) is 0 Å². The molecule has 0 aromatic carbocycles. The van der Waals surface area contributed by atoms with Gasteiger partial charge in [0.15, 0.2) is 0 Å². The van der Waals surface area contributed by atoms with E-state index in [2.05, 4.69) is 5.32 Å². The number of nitrogens with zero attached hydrogens (tertiary/aromatic N) is 1. The van der Waals surface area contributed by atoms with E-state index < -0.39 is 0 Å². The van der Waals surface area contributed by atoms with Gasteiger partial charge in [0.1, 0.15) is 5.76 Å². The molecule has 0 unspecified atom stereocenters. The number of amides is 1. The highest BCUT2D eigenvalue weighted by Gasteiger charge is 2.19. The molecule has 2 rings (SSSR count). The van der Waals surface area contributed by atoms with Crippen LogP contribution in [0.25, 0.3) is 0 Å². The summed E-state index contributed by atoms with van der Waals surface area (Å²) in [5, 5.41) is 3.27. The molecule has 90 valence electrons. The SMILES string of the molecule is Cc1occc1C(=O)N1CCCNCC1.Cl. The fourth-order valence-electron chi connectivity index (χ4n) is 1.83. The molecule has 5 heteroatoms. The van der Waals surface area contributed by atoms with E-state index in [1.807, 2.05) is 11.8 Å². The van der Waals surface area contributed by atoms with Gasteiger partial charge in [-0.05, 0) is 26.0 Å². The smallest absolute Gasteiger partial charge is 0.257 e. The van der Waals surface area contributed by atoms with Gasteiger partial charge in [0.25, 0.3) is 5.91 Å². The number of carbonyl (C=O) groups is 1. The highest BCUT2D eigenvalue weighted by atomic mass is 35.5. The molecule has 0 spiro atoms. The van der Waals surface area contributed by atoms with Gasteiger partial charge in [0.05, 0.1) is 11.8 Å². The summed E-state index contributed by atoms with van der Waals surface area (Å²) in [7, 11) is 0. The number of hydrogen-bond donors (Lipinski definition) is 1. The van der Waals surface area contributed by atoms with Crippen molar-refractivity contribution in [3.05, 3.63) is 23.7 Å². The third-order valence-electron chi connectivity index (χ3n) is 2.72. The third kappa shape index (κ3) is 2.77. The van der Waals surface area contributed by atoms with Crippen molar-refractivity contribution in [2.45, 2.75) is 13.3 Å². The zero-order valence-corrected chi connectivity index (χ0v) is 10.2. The Morgan fingerprint density at radius 2 is 2.25 bits per heavy atom. The number of aryl methyl sites for hydroxylation is 1. The molecule has 1 amide bonds. The molecule has 1 aliphatic rings. The standard InChI is InChI=1S/C11H16N2O2.ClH/c1-9-10(3-8-15-9)11(14)13-6-2-4-12-5-7-13;/h3,8,12H,2,4-7H2,1H3;1H. The first-order chi connectivity index (χ1) is 7.29. The lowest BCUT2D eigenvalue weighted by atomic mass is 10.2. The highest BCUT2D eigenvalue weighted by molar-refractivity contribution is 5.95. The average molecular weight is 245 g/mol.